The summed E-state index contributed by atoms with van der Waals surface area (Å²) in [6.45, 7) is 1.10. The number of amides is 1. The fraction of sp³-hybridized carbons (Fsp3) is 0.353. The molecule has 0 saturated carbocycles. The monoisotopic (exact) mass is 406 g/mol. The maximum absolute atomic E-state index is 12.9. The van der Waals surface area contributed by atoms with Gasteiger partial charge in [0.1, 0.15) is 19.3 Å². The van der Waals surface area contributed by atoms with Crippen LogP contribution in [0.2, 0.25) is 0 Å². The fourth-order valence-corrected chi connectivity index (χ4v) is 4.06. The molecule has 0 bridgehead atoms. The molecule has 2 radical (unpaired) electrons. The number of likely N-dealkylation sites (tertiary alicyclic amines) is 1. The van der Waals surface area contributed by atoms with E-state index in [2.05, 4.69) is 4.98 Å². The standard InChI is InChI=1S/C17H14BF3N4O2S/c1-23-15-14(25(16(23)27)8-12(26)24-5-2-6-24)13(18)9(7-22-15)10-3-4-11(28-10)17(19,20)21/h3-4,7H,2,5-6,8H2,1H3. The normalized spacial score (nSPS) is 14.5. The topological polar surface area (TPSA) is 60.1 Å². The van der Waals surface area contributed by atoms with E-state index in [9.17, 15) is 22.8 Å². The van der Waals surface area contributed by atoms with E-state index in [1.165, 1.54) is 28.4 Å². The van der Waals surface area contributed by atoms with Crippen LogP contribution in [0.15, 0.2) is 23.1 Å². The molecule has 28 heavy (non-hydrogen) atoms. The van der Waals surface area contributed by atoms with Crippen molar-refractivity contribution in [3.63, 3.8) is 0 Å². The molecule has 3 aromatic rings. The van der Waals surface area contributed by atoms with Gasteiger partial charge in [-0.2, -0.15) is 13.2 Å². The predicted molar refractivity (Wildman–Crippen MR) is 99.9 cm³/mol. The number of hydrogen-bond acceptors (Lipinski definition) is 4. The molecule has 0 spiro atoms. The predicted octanol–water partition coefficient (Wildman–Crippen LogP) is 1.51. The number of aromatic nitrogens is 3. The molecule has 4 heterocycles. The first-order valence-corrected chi connectivity index (χ1v) is 9.29. The zero-order valence-electron chi connectivity index (χ0n) is 14.8. The van der Waals surface area contributed by atoms with Crippen LogP contribution in [-0.2, 0) is 24.6 Å². The molecule has 11 heteroatoms. The van der Waals surface area contributed by atoms with Crippen LogP contribution in [0.5, 0.6) is 0 Å². The van der Waals surface area contributed by atoms with Crippen molar-refractivity contribution in [1.82, 2.24) is 19.0 Å². The SMILES string of the molecule is [B]c1c(-c2ccc(C(F)(F)F)s2)cnc2c1n(CC(=O)N1CCC1)c(=O)n2C. The van der Waals surface area contributed by atoms with Gasteiger partial charge in [0.2, 0.25) is 5.91 Å². The van der Waals surface area contributed by atoms with E-state index in [1.807, 2.05) is 0 Å². The second-order valence-corrected chi connectivity index (χ2v) is 7.67. The number of alkyl halides is 3. The minimum absolute atomic E-state index is 0.120. The van der Waals surface area contributed by atoms with Gasteiger partial charge in [0.25, 0.3) is 0 Å². The molecule has 1 saturated heterocycles. The quantitative estimate of drug-likeness (QED) is 0.620. The van der Waals surface area contributed by atoms with Crippen LogP contribution in [0, 0.1) is 0 Å². The molecule has 1 fully saturated rings. The van der Waals surface area contributed by atoms with Gasteiger partial charge in [-0.1, -0.05) is 5.46 Å². The lowest BCUT2D eigenvalue weighted by molar-refractivity contribution is -0.135. The largest absolute Gasteiger partial charge is 0.425 e. The van der Waals surface area contributed by atoms with E-state index in [0.717, 1.165) is 12.5 Å². The van der Waals surface area contributed by atoms with Crippen LogP contribution in [0.25, 0.3) is 21.6 Å². The minimum atomic E-state index is -4.45. The first kappa shape index (κ1) is 18.8. The number of carbonyl (C=O) groups is 1. The summed E-state index contributed by atoms with van der Waals surface area (Å²) in [7, 11) is 7.75. The number of nitrogens with zero attached hydrogens (tertiary/aromatic N) is 4. The van der Waals surface area contributed by atoms with Crippen LogP contribution < -0.4 is 11.2 Å². The van der Waals surface area contributed by atoms with Gasteiger partial charge in [-0.15, -0.1) is 11.3 Å². The van der Waals surface area contributed by atoms with E-state index in [0.29, 0.717) is 30.0 Å². The molecule has 0 aromatic carbocycles. The summed E-state index contributed by atoms with van der Waals surface area (Å²) in [5, 5.41) is 0. The number of halogens is 3. The lowest BCUT2D eigenvalue weighted by Gasteiger charge is -2.30. The third-order valence-corrected chi connectivity index (χ3v) is 5.99. The van der Waals surface area contributed by atoms with Crippen LogP contribution in [0.4, 0.5) is 13.2 Å². The molecule has 1 amide bonds. The van der Waals surface area contributed by atoms with Gasteiger partial charge in [-0.25, -0.2) is 9.78 Å². The Bertz CT molecular complexity index is 1140. The average molecular weight is 406 g/mol. The molecule has 1 aliphatic rings. The lowest BCUT2D eigenvalue weighted by atomic mass is 9.90. The summed E-state index contributed by atoms with van der Waals surface area (Å²) in [6, 6.07) is 2.30. The first-order chi connectivity index (χ1) is 13.2. The second kappa shape index (κ2) is 6.51. The number of thiophene rings is 1. The van der Waals surface area contributed by atoms with E-state index in [4.69, 9.17) is 7.85 Å². The summed E-state index contributed by atoms with van der Waals surface area (Å²) >= 11 is 0.550. The lowest BCUT2D eigenvalue weighted by Crippen LogP contribution is -2.45. The smallest absolute Gasteiger partial charge is 0.341 e. The van der Waals surface area contributed by atoms with E-state index < -0.39 is 16.7 Å². The molecular formula is C17H14BF3N4O2S. The Hall–Kier alpha value is -2.56. The Labute approximate surface area is 162 Å². The van der Waals surface area contributed by atoms with Crippen molar-refractivity contribution in [3.8, 4) is 10.4 Å². The van der Waals surface area contributed by atoms with Crippen molar-refractivity contribution in [3.05, 3.63) is 33.7 Å². The summed E-state index contributed by atoms with van der Waals surface area (Å²) in [4.78, 5) is 30.3. The molecule has 3 aromatic heterocycles. The van der Waals surface area contributed by atoms with Crippen molar-refractivity contribution in [2.24, 2.45) is 7.05 Å². The zero-order chi connectivity index (χ0) is 20.2. The number of fused-ring (bicyclic) bond motifs is 1. The molecule has 0 unspecified atom stereocenters. The minimum Gasteiger partial charge on any atom is -0.341 e. The highest BCUT2D eigenvalue weighted by Gasteiger charge is 2.33. The van der Waals surface area contributed by atoms with Crippen LogP contribution in [0.3, 0.4) is 0 Å². The van der Waals surface area contributed by atoms with Gasteiger partial charge < -0.3 is 4.90 Å². The van der Waals surface area contributed by atoms with Gasteiger partial charge in [0.15, 0.2) is 5.65 Å². The van der Waals surface area contributed by atoms with Gasteiger partial charge in [0, 0.05) is 36.8 Å². The number of hydrogen-bond donors (Lipinski definition) is 0. The molecular weight excluding hydrogens is 392 g/mol. The van der Waals surface area contributed by atoms with Crippen molar-refractivity contribution < 1.29 is 18.0 Å². The molecule has 144 valence electrons. The molecule has 0 N–H and O–H groups in total. The zero-order valence-corrected chi connectivity index (χ0v) is 15.6. The van der Waals surface area contributed by atoms with Crippen LogP contribution in [0.1, 0.15) is 11.3 Å². The second-order valence-electron chi connectivity index (χ2n) is 6.58. The number of pyridine rings is 1. The van der Waals surface area contributed by atoms with Gasteiger partial charge in [-0.05, 0) is 18.6 Å². The van der Waals surface area contributed by atoms with Crippen molar-refractivity contribution in [2.45, 2.75) is 19.1 Å². The summed E-state index contributed by atoms with van der Waals surface area (Å²) in [5.41, 5.74) is 0.483. The van der Waals surface area contributed by atoms with Crippen LogP contribution in [-0.4, -0.2) is 45.9 Å². The van der Waals surface area contributed by atoms with Crippen molar-refractivity contribution in [2.75, 3.05) is 13.1 Å². The number of rotatable bonds is 3. The van der Waals surface area contributed by atoms with Crippen molar-refractivity contribution in [1.29, 1.82) is 0 Å². The average Bonchev–Trinajstić information content (AvgIpc) is 3.14. The summed E-state index contributed by atoms with van der Waals surface area (Å²) in [5.74, 6) is -0.207. The Morgan fingerprint density at radius 1 is 1.32 bits per heavy atom. The Kier molecular flexibility index (Phi) is 4.37. The maximum Gasteiger partial charge on any atom is 0.425 e. The third kappa shape index (κ3) is 2.93. The Morgan fingerprint density at radius 2 is 2.04 bits per heavy atom. The third-order valence-electron chi connectivity index (χ3n) is 4.83. The fourth-order valence-electron chi connectivity index (χ4n) is 3.16. The van der Waals surface area contributed by atoms with E-state index in [-0.39, 0.29) is 34.0 Å². The highest BCUT2D eigenvalue weighted by molar-refractivity contribution is 7.15. The highest BCUT2D eigenvalue weighted by Crippen LogP contribution is 2.38. The highest BCUT2D eigenvalue weighted by atomic mass is 32.1. The molecule has 4 rings (SSSR count). The number of aryl methyl sites for hydroxylation is 1. The van der Waals surface area contributed by atoms with E-state index in [1.54, 1.807) is 4.90 Å². The maximum atomic E-state index is 12.9. The van der Waals surface area contributed by atoms with Gasteiger partial charge in [0.05, 0.1) is 5.52 Å². The van der Waals surface area contributed by atoms with E-state index >= 15 is 0 Å². The molecule has 0 aliphatic carbocycles. The Morgan fingerprint density at radius 3 is 2.61 bits per heavy atom. The van der Waals surface area contributed by atoms with Gasteiger partial charge >= 0.3 is 11.9 Å². The first-order valence-electron chi connectivity index (χ1n) is 8.47. The molecule has 6 nitrogen and oxygen atoms in total. The summed E-state index contributed by atoms with van der Waals surface area (Å²) in [6.07, 6.45) is -2.18. The Balaban J connectivity index is 1.83. The molecule has 1 aliphatic heterocycles. The number of imidazole rings is 1. The molecule has 0 atom stereocenters. The van der Waals surface area contributed by atoms with Crippen LogP contribution >= 0.6 is 11.3 Å². The van der Waals surface area contributed by atoms with Gasteiger partial charge in [-0.3, -0.25) is 13.9 Å². The van der Waals surface area contributed by atoms with Crippen molar-refractivity contribution >= 4 is 41.7 Å². The summed E-state index contributed by atoms with van der Waals surface area (Å²) < 4.78 is 41.3. The number of carbonyl (C=O) groups excluding carboxylic acids is 1.